The summed E-state index contributed by atoms with van der Waals surface area (Å²) in [6.07, 6.45) is 0. The summed E-state index contributed by atoms with van der Waals surface area (Å²) in [5, 5.41) is 6.12. The van der Waals surface area contributed by atoms with Crippen LogP contribution in [0.5, 0.6) is 0 Å². The number of carbonyl (C=O) groups excluding carboxylic acids is 1. The summed E-state index contributed by atoms with van der Waals surface area (Å²) in [6, 6.07) is 15.1. The predicted octanol–water partition coefficient (Wildman–Crippen LogP) is 4.54. The maximum Gasteiger partial charge on any atom is 0.257 e. The minimum Gasteiger partial charge on any atom is -0.332 e. The number of hydrogen-bond donors (Lipinski definition) is 2. The molecule has 0 fully saturated rings. The second-order valence-corrected chi connectivity index (χ2v) is 6.81. The molecule has 0 aliphatic heterocycles. The average molecular weight is 424 g/mol. The zero-order valence-electron chi connectivity index (χ0n) is 12.4. The fourth-order valence-corrected chi connectivity index (χ4v) is 2.76. The molecule has 0 radical (unpaired) electrons. The van der Waals surface area contributed by atoms with Gasteiger partial charge >= 0.3 is 0 Å². The van der Waals surface area contributed by atoms with Gasteiger partial charge in [-0.05, 0) is 76.6 Å². The molecule has 0 atom stereocenters. The monoisotopic (exact) mass is 424 g/mol. The van der Waals surface area contributed by atoms with E-state index in [1.807, 2.05) is 30.3 Å². The number of benzene rings is 2. The van der Waals surface area contributed by atoms with Crippen molar-refractivity contribution in [3.05, 3.63) is 63.2 Å². The number of nitrogens with one attached hydrogen (secondary N) is 2. The van der Waals surface area contributed by atoms with E-state index in [0.717, 1.165) is 5.69 Å². The maximum atomic E-state index is 12.1. The summed E-state index contributed by atoms with van der Waals surface area (Å²) in [5.74, 6) is 0.152. The molecule has 22 heavy (non-hydrogen) atoms. The molecule has 2 aromatic carbocycles. The summed E-state index contributed by atoms with van der Waals surface area (Å²) in [5.41, 5.74) is 2.68. The number of amides is 1. The van der Waals surface area contributed by atoms with Gasteiger partial charge in [0.25, 0.3) is 5.91 Å². The molecule has 2 aromatic rings. The van der Waals surface area contributed by atoms with Gasteiger partial charge in [0, 0.05) is 14.8 Å². The third-order valence-electron chi connectivity index (χ3n) is 3.15. The first-order valence-electron chi connectivity index (χ1n) is 6.94. The van der Waals surface area contributed by atoms with Crippen molar-refractivity contribution in [1.29, 1.82) is 0 Å². The van der Waals surface area contributed by atoms with Gasteiger partial charge in [-0.25, -0.2) is 0 Å². The molecule has 0 aliphatic carbocycles. The van der Waals surface area contributed by atoms with Gasteiger partial charge in [-0.1, -0.05) is 32.0 Å². The van der Waals surface area contributed by atoms with Gasteiger partial charge in [0.15, 0.2) is 5.11 Å². The molecule has 0 bridgehead atoms. The van der Waals surface area contributed by atoms with Crippen LogP contribution in [0.1, 0.15) is 35.7 Å². The van der Waals surface area contributed by atoms with E-state index >= 15 is 0 Å². The van der Waals surface area contributed by atoms with E-state index in [1.54, 1.807) is 12.1 Å². The summed E-state index contributed by atoms with van der Waals surface area (Å²) in [6.45, 7) is 4.25. The normalized spacial score (nSPS) is 10.4. The lowest BCUT2D eigenvalue weighted by Gasteiger charge is -2.16. The molecule has 0 spiro atoms. The fourth-order valence-electron chi connectivity index (χ4n) is 2.04. The van der Waals surface area contributed by atoms with Crippen molar-refractivity contribution >= 4 is 51.5 Å². The molecule has 2 N–H and O–H groups in total. The first kappa shape index (κ1) is 16.9. The van der Waals surface area contributed by atoms with Crippen molar-refractivity contribution in [3.63, 3.8) is 0 Å². The van der Waals surface area contributed by atoms with Crippen LogP contribution in [0.3, 0.4) is 0 Å². The maximum absolute atomic E-state index is 12.1. The largest absolute Gasteiger partial charge is 0.332 e. The quantitative estimate of drug-likeness (QED) is 0.562. The fraction of sp³-hybridized carbons (Fsp3) is 0.176. The highest BCUT2D eigenvalue weighted by atomic mass is 127. The van der Waals surface area contributed by atoms with Gasteiger partial charge in [-0.2, -0.15) is 0 Å². The van der Waals surface area contributed by atoms with Crippen molar-refractivity contribution in [2.24, 2.45) is 0 Å². The highest BCUT2D eigenvalue weighted by Gasteiger charge is 2.11. The van der Waals surface area contributed by atoms with E-state index in [-0.39, 0.29) is 5.91 Å². The lowest BCUT2D eigenvalue weighted by molar-refractivity contribution is 0.0977. The molecule has 2 rings (SSSR count). The third-order valence-corrected chi connectivity index (χ3v) is 4.02. The van der Waals surface area contributed by atoms with Gasteiger partial charge in [0.05, 0.1) is 0 Å². The van der Waals surface area contributed by atoms with E-state index in [1.165, 1.54) is 9.13 Å². The van der Waals surface area contributed by atoms with Gasteiger partial charge in [-0.15, -0.1) is 0 Å². The lowest BCUT2D eigenvalue weighted by Crippen LogP contribution is -2.34. The Morgan fingerprint density at radius 3 is 2.45 bits per heavy atom. The second kappa shape index (κ2) is 7.69. The van der Waals surface area contributed by atoms with Crippen molar-refractivity contribution in [1.82, 2.24) is 5.32 Å². The number of thiocarbonyl (C=S) groups is 1. The first-order valence-corrected chi connectivity index (χ1v) is 8.43. The Morgan fingerprint density at radius 2 is 1.82 bits per heavy atom. The minimum atomic E-state index is -0.213. The standard InChI is InChI=1S/C17H17IN2OS/c1-11(2)14-10-13(18)8-9-15(14)19-17(22)20-16(21)12-6-4-3-5-7-12/h3-11H,1-2H3,(H2,19,20,21,22). The van der Waals surface area contributed by atoms with E-state index < -0.39 is 0 Å². The number of hydrogen-bond acceptors (Lipinski definition) is 2. The van der Waals surface area contributed by atoms with Crippen LogP contribution in [0.25, 0.3) is 0 Å². The molecule has 0 aromatic heterocycles. The van der Waals surface area contributed by atoms with Crippen molar-refractivity contribution in [2.75, 3.05) is 5.32 Å². The van der Waals surface area contributed by atoms with E-state index in [2.05, 4.69) is 53.1 Å². The Morgan fingerprint density at radius 1 is 1.14 bits per heavy atom. The summed E-state index contributed by atoms with van der Waals surface area (Å²) in [7, 11) is 0. The summed E-state index contributed by atoms with van der Waals surface area (Å²) < 4.78 is 1.17. The van der Waals surface area contributed by atoms with Crippen molar-refractivity contribution in [3.8, 4) is 0 Å². The number of rotatable bonds is 3. The van der Waals surface area contributed by atoms with E-state index in [0.29, 0.717) is 16.6 Å². The Bertz CT molecular complexity index is 686. The smallest absolute Gasteiger partial charge is 0.257 e. The van der Waals surface area contributed by atoms with Crippen LogP contribution in [0.15, 0.2) is 48.5 Å². The summed E-state index contributed by atoms with van der Waals surface area (Å²) in [4.78, 5) is 12.1. The van der Waals surface area contributed by atoms with Crippen LogP contribution in [0.4, 0.5) is 5.69 Å². The Hall–Kier alpha value is -1.47. The van der Waals surface area contributed by atoms with Crippen LogP contribution in [-0.4, -0.2) is 11.0 Å². The van der Waals surface area contributed by atoms with E-state index in [9.17, 15) is 4.79 Å². The van der Waals surface area contributed by atoms with E-state index in [4.69, 9.17) is 12.2 Å². The molecular formula is C17H17IN2OS. The Kier molecular flexibility index (Phi) is 5.90. The molecule has 1 amide bonds. The molecule has 0 heterocycles. The Balaban J connectivity index is 2.08. The SMILES string of the molecule is CC(C)c1cc(I)ccc1NC(=S)NC(=O)c1ccccc1. The lowest BCUT2D eigenvalue weighted by atomic mass is 10.0. The van der Waals surface area contributed by atoms with Gasteiger partial charge in [0.1, 0.15) is 0 Å². The number of carbonyl (C=O) groups is 1. The molecule has 0 unspecified atom stereocenters. The molecule has 0 saturated heterocycles. The molecule has 0 saturated carbocycles. The highest BCUT2D eigenvalue weighted by molar-refractivity contribution is 14.1. The molecule has 5 heteroatoms. The third kappa shape index (κ3) is 4.51. The van der Waals surface area contributed by atoms with Crippen LogP contribution < -0.4 is 10.6 Å². The van der Waals surface area contributed by atoms with Crippen molar-refractivity contribution < 1.29 is 4.79 Å². The van der Waals surface area contributed by atoms with Crippen LogP contribution in [0, 0.1) is 3.57 Å². The first-order chi connectivity index (χ1) is 10.5. The van der Waals surface area contributed by atoms with Gasteiger partial charge in [-0.3, -0.25) is 10.1 Å². The average Bonchev–Trinajstić information content (AvgIpc) is 2.49. The predicted molar refractivity (Wildman–Crippen MR) is 103 cm³/mol. The Labute approximate surface area is 149 Å². The van der Waals surface area contributed by atoms with Crippen LogP contribution >= 0.6 is 34.8 Å². The molecule has 0 aliphatic rings. The molecular weight excluding hydrogens is 407 g/mol. The molecule has 3 nitrogen and oxygen atoms in total. The highest BCUT2D eigenvalue weighted by Crippen LogP contribution is 2.26. The zero-order valence-corrected chi connectivity index (χ0v) is 15.4. The van der Waals surface area contributed by atoms with Crippen LogP contribution in [-0.2, 0) is 0 Å². The molecule has 114 valence electrons. The zero-order chi connectivity index (χ0) is 16.1. The van der Waals surface area contributed by atoms with Gasteiger partial charge < -0.3 is 5.32 Å². The number of anilines is 1. The topological polar surface area (TPSA) is 41.1 Å². The number of halogens is 1. The summed E-state index contributed by atoms with van der Waals surface area (Å²) >= 11 is 7.53. The minimum absolute atomic E-state index is 0.213. The van der Waals surface area contributed by atoms with Gasteiger partial charge in [0.2, 0.25) is 0 Å². The second-order valence-electron chi connectivity index (χ2n) is 5.16. The van der Waals surface area contributed by atoms with Crippen molar-refractivity contribution in [2.45, 2.75) is 19.8 Å². The van der Waals surface area contributed by atoms with Crippen LogP contribution in [0.2, 0.25) is 0 Å².